The molecule has 22 heavy (non-hydrogen) atoms. The maximum atomic E-state index is 12.3. The van der Waals surface area contributed by atoms with Crippen molar-refractivity contribution >= 4 is 33.0 Å². The summed E-state index contributed by atoms with van der Waals surface area (Å²) < 4.78 is 23.1. The number of aryl methyl sites for hydroxylation is 2. The fraction of sp³-hybridized carbons (Fsp3) is 0.200. The zero-order chi connectivity index (χ0) is 16.5. The van der Waals surface area contributed by atoms with Gasteiger partial charge in [0, 0.05) is 17.6 Å². The topological polar surface area (TPSA) is 76.1 Å². The molecule has 5 nitrogen and oxygen atoms in total. The molecule has 1 aromatic heterocycles. The number of pyridine rings is 1. The van der Waals surface area contributed by atoms with Crippen molar-refractivity contribution in [1.29, 1.82) is 0 Å². The van der Waals surface area contributed by atoms with Gasteiger partial charge in [-0.15, -0.1) is 0 Å². The van der Waals surface area contributed by atoms with E-state index in [0.717, 1.165) is 17.5 Å². The van der Waals surface area contributed by atoms with Crippen LogP contribution in [0, 0.1) is 13.8 Å². The van der Waals surface area contributed by atoms with Crippen LogP contribution in [0.15, 0.2) is 35.2 Å². The number of hydrogen-bond acceptors (Lipinski definition) is 4. The fourth-order valence-electron chi connectivity index (χ4n) is 1.84. The largest absolute Gasteiger partial charge is 0.322 e. The van der Waals surface area contributed by atoms with Gasteiger partial charge in [-0.2, -0.15) is 0 Å². The average molecular weight is 339 g/mol. The lowest BCUT2D eigenvalue weighted by Crippen LogP contribution is -2.14. The highest BCUT2D eigenvalue weighted by atomic mass is 35.5. The molecule has 0 saturated carbocycles. The van der Waals surface area contributed by atoms with E-state index in [0.29, 0.717) is 5.69 Å². The van der Waals surface area contributed by atoms with E-state index < -0.39 is 15.7 Å². The van der Waals surface area contributed by atoms with E-state index >= 15 is 0 Å². The third kappa shape index (κ3) is 3.64. The summed E-state index contributed by atoms with van der Waals surface area (Å²) in [5, 5.41) is 2.74. The van der Waals surface area contributed by atoms with Gasteiger partial charge in [0.2, 0.25) is 0 Å². The molecule has 1 N–H and O–H groups in total. The Balaban J connectivity index is 2.32. The van der Waals surface area contributed by atoms with Crippen molar-refractivity contribution in [2.24, 2.45) is 0 Å². The number of nitrogens with one attached hydrogen (secondary N) is 1. The van der Waals surface area contributed by atoms with Gasteiger partial charge < -0.3 is 5.32 Å². The van der Waals surface area contributed by atoms with Gasteiger partial charge >= 0.3 is 0 Å². The number of amides is 1. The number of halogens is 1. The number of hydrogen-bond donors (Lipinski definition) is 1. The van der Waals surface area contributed by atoms with Crippen LogP contribution in [0.5, 0.6) is 0 Å². The molecule has 1 aromatic carbocycles. The highest BCUT2D eigenvalue weighted by Crippen LogP contribution is 2.20. The standard InChI is InChI=1S/C15H15ClN2O3S/c1-9-7-13(14(16)17-10(9)2)15(19)18-11-5-4-6-12(8-11)22(3,20)21/h4-8H,1-3H3,(H,18,19). The van der Waals surface area contributed by atoms with Crippen molar-refractivity contribution in [3.05, 3.63) is 52.3 Å². The summed E-state index contributed by atoms with van der Waals surface area (Å²) in [6.45, 7) is 3.64. The van der Waals surface area contributed by atoms with Crippen LogP contribution < -0.4 is 5.32 Å². The second kappa shape index (κ2) is 6.06. The van der Waals surface area contributed by atoms with Crippen molar-refractivity contribution in [1.82, 2.24) is 4.98 Å². The van der Waals surface area contributed by atoms with E-state index in [4.69, 9.17) is 11.6 Å². The van der Waals surface area contributed by atoms with Gasteiger partial charge in [-0.3, -0.25) is 4.79 Å². The van der Waals surface area contributed by atoms with E-state index in [2.05, 4.69) is 10.3 Å². The summed E-state index contributed by atoms with van der Waals surface area (Å²) in [6, 6.07) is 7.69. The van der Waals surface area contributed by atoms with Gasteiger partial charge in [-0.05, 0) is 43.7 Å². The molecule has 1 amide bonds. The highest BCUT2D eigenvalue weighted by Gasteiger charge is 2.15. The Labute approximate surface area is 134 Å². The molecule has 7 heteroatoms. The number of carbonyl (C=O) groups is 1. The molecule has 0 bridgehead atoms. The van der Waals surface area contributed by atoms with Gasteiger partial charge in [0.15, 0.2) is 9.84 Å². The number of carbonyl (C=O) groups excluding carboxylic acids is 1. The third-order valence-electron chi connectivity index (χ3n) is 3.18. The van der Waals surface area contributed by atoms with Gasteiger partial charge in [-0.25, -0.2) is 13.4 Å². The lowest BCUT2D eigenvalue weighted by atomic mass is 10.1. The summed E-state index contributed by atoms with van der Waals surface area (Å²) in [5.41, 5.74) is 2.22. The zero-order valence-corrected chi connectivity index (χ0v) is 13.9. The number of anilines is 1. The molecule has 2 aromatic rings. The minimum atomic E-state index is -3.34. The molecular weight excluding hydrogens is 324 g/mol. The van der Waals surface area contributed by atoms with E-state index in [1.807, 2.05) is 6.92 Å². The third-order valence-corrected chi connectivity index (χ3v) is 4.58. The van der Waals surface area contributed by atoms with E-state index in [1.54, 1.807) is 25.1 Å². The first-order chi connectivity index (χ1) is 10.2. The summed E-state index contributed by atoms with van der Waals surface area (Å²) in [5.74, 6) is -0.439. The molecule has 0 aliphatic heterocycles. The Kier molecular flexibility index (Phi) is 4.53. The molecule has 0 fully saturated rings. The Morgan fingerprint density at radius 2 is 1.91 bits per heavy atom. The van der Waals surface area contributed by atoms with Crippen LogP contribution in [-0.2, 0) is 9.84 Å². The Morgan fingerprint density at radius 1 is 1.23 bits per heavy atom. The molecule has 0 aliphatic carbocycles. The van der Waals surface area contributed by atoms with Crippen LogP contribution in [-0.4, -0.2) is 25.6 Å². The van der Waals surface area contributed by atoms with Crippen LogP contribution in [0.3, 0.4) is 0 Å². The molecule has 0 spiro atoms. The summed E-state index contributed by atoms with van der Waals surface area (Å²) in [7, 11) is -3.34. The number of aromatic nitrogens is 1. The summed E-state index contributed by atoms with van der Waals surface area (Å²) >= 11 is 6.00. The number of nitrogens with zero attached hydrogens (tertiary/aromatic N) is 1. The van der Waals surface area contributed by atoms with E-state index in [1.165, 1.54) is 12.1 Å². The SMILES string of the molecule is Cc1cc(C(=O)Nc2cccc(S(C)(=O)=O)c2)c(Cl)nc1C. The Bertz CT molecular complexity index is 848. The molecule has 0 unspecified atom stereocenters. The van der Waals surface area contributed by atoms with Gasteiger partial charge in [0.05, 0.1) is 10.5 Å². The first-order valence-corrected chi connectivity index (χ1v) is 8.70. The van der Waals surface area contributed by atoms with Gasteiger partial charge in [-0.1, -0.05) is 17.7 Å². The van der Waals surface area contributed by atoms with Crippen molar-refractivity contribution in [3.63, 3.8) is 0 Å². The summed E-state index contributed by atoms with van der Waals surface area (Å²) in [6.07, 6.45) is 1.11. The normalized spacial score (nSPS) is 11.3. The molecular formula is C15H15ClN2O3S. The highest BCUT2D eigenvalue weighted by molar-refractivity contribution is 7.90. The van der Waals surface area contributed by atoms with Crippen LogP contribution in [0.4, 0.5) is 5.69 Å². The number of sulfone groups is 1. The van der Waals surface area contributed by atoms with Crippen molar-refractivity contribution < 1.29 is 13.2 Å². The molecule has 0 radical (unpaired) electrons. The molecule has 0 aliphatic rings. The van der Waals surface area contributed by atoms with E-state index in [-0.39, 0.29) is 15.6 Å². The van der Waals surface area contributed by atoms with Gasteiger partial charge in [0.25, 0.3) is 5.91 Å². The molecule has 0 saturated heterocycles. The predicted octanol–water partition coefficient (Wildman–Crippen LogP) is 3.01. The van der Waals surface area contributed by atoms with Crippen molar-refractivity contribution in [2.45, 2.75) is 18.7 Å². The molecule has 0 atom stereocenters. The quantitative estimate of drug-likeness (QED) is 0.873. The first kappa shape index (κ1) is 16.5. The second-order valence-corrected chi connectivity index (χ2v) is 7.36. The monoisotopic (exact) mass is 338 g/mol. The lowest BCUT2D eigenvalue weighted by molar-refractivity contribution is 0.102. The number of rotatable bonds is 3. The average Bonchev–Trinajstić information content (AvgIpc) is 2.42. The summed E-state index contributed by atoms with van der Waals surface area (Å²) in [4.78, 5) is 16.5. The van der Waals surface area contributed by atoms with Crippen molar-refractivity contribution in [2.75, 3.05) is 11.6 Å². The molecule has 116 valence electrons. The van der Waals surface area contributed by atoms with Crippen LogP contribution in [0.1, 0.15) is 21.6 Å². The number of benzene rings is 1. The first-order valence-electron chi connectivity index (χ1n) is 6.43. The maximum absolute atomic E-state index is 12.3. The predicted molar refractivity (Wildman–Crippen MR) is 86.2 cm³/mol. The Hall–Kier alpha value is -1.92. The molecule has 2 rings (SSSR count). The maximum Gasteiger partial charge on any atom is 0.258 e. The minimum absolute atomic E-state index is 0.111. The fourth-order valence-corrected chi connectivity index (χ4v) is 2.77. The second-order valence-electron chi connectivity index (χ2n) is 4.98. The smallest absolute Gasteiger partial charge is 0.258 e. The zero-order valence-electron chi connectivity index (χ0n) is 12.3. The van der Waals surface area contributed by atoms with Gasteiger partial charge in [0.1, 0.15) is 5.15 Å². The van der Waals surface area contributed by atoms with E-state index in [9.17, 15) is 13.2 Å². The lowest BCUT2D eigenvalue weighted by Gasteiger charge is -2.09. The minimum Gasteiger partial charge on any atom is -0.322 e. The van der Waals surface area contributed by atoms with Crippen LogP contribution in [0.25, 0.3) is 0 Å². The molecule has 1 heterocycles. The van der Waals surface area contributed by atoms with Crippen LogP contribution >= 0.6 is 11.6 Å². The van der Waals surface area contributed by atoms with Crippen LogP contribution in [0.2, 0.25) is 5.15 Å². The Morgan fingerprint density at radius 3 is 2.55 bits per heavy atom. The van der Waals surface area contributed by atoms with Crippen molar-refractivity contribution in [3.8, 4) is 0 Å².